The van der Waals surface area contributed by atoms with Crippen molar-refractivity contribution in [3.63, 3.8) is 0 Å². The first kappa shape index (κ1) is 16.0. The third-order valence-electron chi connectivity index (χ3n) is 6.69. The highest BCUT2D eigenvalue weighted by atomic mass is 16.2. The number of rotatable bonds is 5. The molecule has 4 aliphatic rings. The summed E-state index contributed by atoms with van der Waals surface area (Å²) in [5, 5.41) is 15.0. The number of nitrogens with zero attached hydrogens (tertiary/aromatic N) is 4. The SMILES string of the molecule is O=C(NC12CC3CC(CC(C3)C1)C2)C(Cc1ccccc1)n1cnnn1. The molecule has 0 saturated heterocycles. The van der Waals surface area contributed by atoms with Crippen LogP contribution in [-0.4, -0.2) is 31.7 Å². The van der Waals surface area contributed by atoms with Crippen molar-refractivity contribution in [1.82, 2.24) is 25.5 Å². The molecule has 4 bridgehead atoms. The van der Waals surface area contributed by atoms with Crippen LogP contribution in [0.3, 0.4) is 0 Å². The highest BCUT2D eigenvalue weighted by Gasteiger charge is 2.52. The van der Waals surface area contributed by atoms with Gasteiger partial charge in [-0.3, -0.25) is 4.79 Å². The molecule has 1 atom stereocenters. The van der Waals surface area contributed by atoms with Gasteiger partial charge in [0.15, 0.2) is 0 Å². The van der Waals surface area contributed by atoms with E-state index in [1.54, 1.807) is 11.0 Å². The second kappa shape index (κ2) is 6.18. The number of nitrogens with one attached hydrogen (secondary N) is 1. The summed E-state index contributed by atoms with van der Waals surface area (Å²) in [5.74, 6) is 2.48. The van der Waals surface area contributed by atoms with Crippen LogP contribution < -0.4 is 5.32 Å². The molecular formula is C20H25N5O. The van der Waals surface area contributed by atoms with Crippen molar-refractivity contribution >= 4 is 5.91 Å². The van der Waals surface area contributed by atoms with Crippen LogP contribution in [0.5, 0.6) is 0 Å². The Morgan fingerprint density at radius 3 is 2.35 bits per heavy atom. The van der Waals surface area contributed by atoms with Crippen LogP contribution in [0.25, 0.3) is 0 Å². The van der Waals surface area contributed by atoms with E-state index in [2.05, 4.69) is 33.0 Å². The van der Waals surface area contributed by atoms with Crippen molar-refractivity contribution in [2.24, 2.45) is 17.8 Å². The monoisotopic (exact) mass is 351 g/mol. The number of carbonyl (C=O) groups is 1. The maximum atomic E-state index is 13.3. The Balaban J connectivity index is 1.37. The lowest BCUT2D eigenvalue weighted by Crippen LogP contribution is -2.60. The first-order valence-electron chi connectivity index (χ1n) is 9.77. The summed E-state index contributed by atoms with van der Waals surface area (Å²) in [6.45, 7) is 0. The van der Waals surface area contributed by atoms with Gasteiger partial charge in [0, 0.05) is 12.0 Å². The molecule has 0 radical (unpaired) electrons. The minimum Gasteiger partial charge on any atom is -0.349 e. The van der Waals surface area contributed by atoms with E-state index in [4.69, 9.17) is 0 Å². The molecule has 6 heteroatoms. The summed E-state index contributed by atoms with van der Waals surface area (Å²) in [4.78, 5) is 13.3. The van der Waals surface area contributed by atoms with Gasteiger partial charge in [-0.1, -0.05) is 30.3 Å². The molecule has 4 aliphatic carbocycles. The molecule has 0 aliphatic heterocycles. The van der Waals surface area contributed by atoms with Gasteiger partial charge in [0.2, 0.25) is 5.91 Å². The van der Waals surface area contributed by atoms with E-state index in [0.29, 0.717) is 6.42 Å². The highest BCUT2D eigenvalue weighted by Crippen LogP contribution is 2.55. The zero-order valence-electron chi connectivity index (χ0n) is 14.9. The fourth-order valence-corrected chi connectivity index (χ4v) is 6.06. The predicted octanol–water partition coefficient (Wildman–Crippen LogP) is 2.54. The summed E-state index contributed by atoms with van der Waals surface area (Å²) >= 11 is 0. The fourth-order valence-electron chi connectivity index (χ4n) is 6.06. The van der Waals surface area contributed by atoms with Crippen LogP contribution in [0.4, 0.5) is 0 Å². The van der Waals surface area contributed by atoms with Crippen LogP contribution in [-0.2, 0) is 11.2 Å². The Labute approximate surface area is 153 Å². The molecular weight excluding hydrogens is 326 g/mol. The zero-order valence-corrected chi connectivity index (χ0v) is 14.9. The first-order valence-corrected chi connectivity index (χ1v) is 9.77. The summed E-state index contributed by atoms with van der Waals surface area (Å²) < 4.78 is 1.60. The van der Waals surface area contributed by atoms with Gasteiger partial charge in [-0.25, -0.2) is 4.68 Å². The summed E-state index contributed by atoms with van der Waals surface area (Å²) in [7, 11) is 0. The minimum atomic E-state index is -0.402. The van der Waals surface area contributed by atoms with Gasteiger partial charge in [-0.2, -0.15) is 0 Å². The number of aromatic nitrogens is 4. The van der Waals surface area contributed by atoms with Crippen LogP contribution in [0.1, 0.15) is 50.1 Å². The van der Waals surface area contributed by atoms with E-state index in [1.807, 2.05) is 18.2 Å². The first-order chi connectivity index (χ1) is 12.7. The molecule has 136 valence electrons. The molecule has 6 nitrogen and oxygen atoms in total. The molecule has 1 heterocycles. The van der Waals surface area contributed by atoms with Crippen LogP contribution >= 0.6 is 0 Å². The van der Waals surface area contributed by atoms with Gasteiger partial charge in [-0.15, -0.1) is 5.10 Å². The Hall–Kier alpha value is -2.24. The fraction of sp³-hybridized carbons (Fsp3) is 0.600. The van der Waals surface area contributed by atoms with Crippen molar-refractivity contribution in [2.45, 2.75) is 56.5 Å². The van der Waals surface area contributed by atoms with Crippen molar-refractivity contribution in [3.05, 3.63) is 42.2 Å². The Morgan fingerprint density at radius 1 is 1.12 bits per heavy atom. The summed E-state index contributed by atoms with van der Waals surface area (Å²) in [6, 6.07) is 9.70. The summed E-state index contributed by atoms with van der Waals surface area (Å²) in [5.41, 5.74) is 1.13. The van der Waals surface area contributed by atoms with E-state index in [1.165, 1.54) is 19.3 Å². The molecule has 26 heavy (non-hydrogen) atoms. The second-order valence-electron chi connectivity index (χ2n) is 8.68. The number of carbonyl (C=O) groups excluding carboxylic acids is 1. The molecule has 1 aromatic heterocycles. The van der Waals surface area contributed by atoms with Crippen LogP contribution in [0.2, 0.25) is 0 Å². The number of hydrogen-bond acceptors (Lipinski definition) is 4. The van der Waals surface area contributed by atoms with E-state index >= 15 is 0 Å². The topological polar surface area (TPSA) is 72.7 Å². The third kappa shape index (κ3) is 2.91. The average molecular weight is 351 g/mol. The maximum Gasteiger partial charge on any atom is 0.245 e. The molecule has 4 fully saturated rings. The molecule has 1 unspecified atom stereocenters. The highest BCUT2D eigenvalue weighted by molar-refractivity contribution is 5.81. The van der Waals surface area contributed by atoms with Gasteiger partial charge < -0.3 is 5.32 Å². The summed E-state index contributed by atoms with van der Waals surface area (Å²) in [6.07, 6.45) is 9.72. The van der Waals surface area contributed by atoms with Crippen molar-refractivity contribution < 1.29 is 4.79 Å². The largest absolute Gasteiger partial charge is 0.349 e. The van der Waals surface area contributed by atoms with E-state index in [9.17, 15) is 4.79 Å². The average Bonchev–Trinajstić information content (AvgIpc) is 3.13. The molecule has 1 amide bonds. The number of hydrogen-bond donors (Lipinski definition) is 1. The van der Waals surface area contributed by atoms with E-state index in [0.717, 1.165) is 42.6 Å². The van der Waals surface area contributed by atoms with Crippen molar-refractivity contribution in [3.8, 4) is 0 Å². The smallest absolute Gasteiger partial charge is 0.245 e. The van der Waals surface area contributed by atoms with Crippen molar-refractivity contribution in [1.29, 1.82) is 0 Å². The Bertz CT molecular complexity index is 737. The van der Waals surface area contributed by atoms with Crippen LogP contribution in [0.15, 0.2) is 36.7 Å². The minimum absolute atomic E-state index is 0.00871. The molecule has 2 aromatic rings. The molecule has 0 spiro atoms. The lowest BCUT2D eigenvalue weighted by molar-refractivity contribution is -0.130. The Morgan fingerprint density at radius 2 is 1.77 bits per heavy atom. The van der Waals surface area contributed by atoms with E-state index < -0.39 is 6.04 Å². The second-order valence-corrected chi connectivity index (χ2v) is 8.68. The quantitative estimate of drug-likeness (QED) is 0.898. The molecule has 1 aromatic carbocycles. The van der Waals surface area contributed by atoms with Crippen LogP contribution in [0, 0.1) is 17.8 Å². The van der Waals surface area contributed by atoms with Crippen molar-refractivity contribution in [2.75, 3.05) is 0 Å². The standard InChI is InChI=1S/C20H25N5O/c26-19(22-20-10-15-6-16(11-20)8-17(7-15)12-20)18(25-13-21-23-24-25)9-14-4-2-1-3-5-14/h1-5,13,15-18H,6-12H2,(H,22,26). The number of amides is 1. The number of tetrazole rings is 1. The lowest BCUT2D eigenvalue weighted by atomic mass is 9.53. The third-order valence-corrected chi connectivity index (χ3v) is 6.69. The zero-order chi connectivity index (χ0) is 17.6. The van der Waals surface area contributed by atoms with Gasteiger partial charge in [0.25, 0.3) is 0 Å². The Kier molecular flexibility index (Phi) is 3.80. The van der Waals surface area contributed by atoms with Gasteiger partial charge in [0.1, 0.15) is 12.4 Å². The number of benzene rings is 1. The molecule has 6 rings (SSSR count). The van der Waals surface area contributed by atoms with Gasteiger partial charge in [-0.05, 0) is 72.3 Å². The van der Waals surface area contributed by atoms with Gasteiger partial charge in [0.05, 0.1) is 0 Å². The molecule has 1 N–H and O–H groups in total. The predicted molar refractivity (Wildman–Crippen MR) is 96.0 cm³/mol. The normalized spacial score (nSPS) is 33.2. The van der Waals surface area contributed by atoms with Gasteiger partial charge >= 0.3 is 0 Å². The molecule has 4 saturated carbocycles. The lowest BCUT2D eigenvalue weighted by Gasteiger charge is -2.57. The van der Waals surface area contributed by atoms with E-state index in [-0.39, 0.29) is 11.4 Å². The maximum absolute atomic E-state index is 13.3.